The molecule has 1 aliphatic heterocycles. The molecule has 1 aromatic heterocycles. The molecule has 0 spiro atoms. The molecule has 1 fully saturated rings. The van der Waals surface area contributed by atoms with Crippen molar-refractivity contribution in [1.29, 1.82) is 0 Å². The van der Waals surface area contributed by atoms with E-state index in [9.17, 15) is 0 Å². The summed E-state index contributed by atoms with van der Waals surface area (Å²) in [7, 11) is 4.31. The fraction of sp³-hybridized carbons (Fsp3) is 0.615. The standard InChI is InChI=1S/C13H20BrN3/c1-16(2)10-11-6-8-17(9-7-11)13-5-3-4-12(14)15-13/h3-5,11H,6-10H2,1-2H3. The van der Waals surface area contributed by atoms with Crippen LogP contribution >= 0.6 is 15.9 Å². The number of hydrogen-bond acceptors (Lipinski definition) is 3. The number of nitrogens with zero attached hydrogens (tertiary/aromatic N) is 3. The topological polar surface area (TPSA) is 19.4 Å². The van der Waals surface area contributed by atoms with Crippen molar-refractivity contribution in [1.82, 2.24) is 9.88 Å². The van der Waals surface area contributed by atoms with Crippen molar-refractivity contribution in [2.24, 2.45) is 5.92 Å². The van der Waals surface area contributed by atoms with E-state index in [1.165, 1.54) is 19.4 Å². The highest BCUT2D eigenvalue weighted by molar-refractivity contribution is 9.10. The van der Waals surface area contributed by atoms with E-state index in [0.29, 0.717) is 0 Å². The largest absolute Gasteiger partial charge is 0.357 e. The van der Waals surface area contributed by atoms with Crippen LogP contribution in [-0.2, 0) is 0 Å². The zero-order chi connectivity index (χ0) is 12.3. The Hall–Kier alpha value is -0.610. The predicted octanol–water partition coefficient (Wildman–Crippen LogP) is 2.62. The third kappa shape index (κ3) is 3.68. The average Bonchev–Trinajstić information content (AvgIpc) is 2.29. The number of halogens is 1. The summed E-state index contributed by atoms with van der Waals surface area (Å²) < 4.78 is 0.922. The normalized spacial score (nSPS) is 17.8. The van der Waals surface area contributed by atoms with E-state index in [2.05, 4.69) is 56.9 Å². The quantitative estimate of drug-likeness (QED) is 0.800. The average molecular weight is 298 g/mol. The molecule has 0 unspecified atom stereocenters. The van der Waals surface area contributed by atoms with E-state index >= 15 is 0 Å². The highest BCUT2D eigenvalue weighted by Crippen LogP contribution is 2.23. The minimum absolute atomic E-state index is 0.841. The predicted molar refractivity (Wildman–Crippen MR) is 75.4 cm³/mol. The smallest absolute Gasteiger partial charge is 0.129 e. The highest BCUT2D eigenvalue weighted by Gasteiger charge is 2.20. The lowest BCUT2D eigenvalue weighted by Crippen LogP contribution is -2.37. The van der Waals surface area contributed by atoms with Crippen molar-refractivity contribution in [3.63, 3.8) is 0 Å². The number of piperidine rings is 1. The van der Waals surface area contributed by atoms with Crippen LogP contribution in [0.1, 0.15) is 12.8 Å². The van der Waals surface area contributed by atoms with E-state index in [4.69, 9.17) is 0 Å². The number of anilines is 1. The van der Waals surface area contributed by atoms with Gasteiger partial charge in [-0.3, -0.25) is 0 Å². The molecule has 0 aliphatic carbocycles. The number of rotatable bonds is 3. The lowest BCUT2D eigenvalue weighted by atomic mass is 9.96. The van der Waals surface area contributed by atoms with Gasteiger partial charge >= 0.3 is 0 Å². The van der Waals surface area contributed by atoms with Crippen LogP contribution in [0, 0.1) is 5.92 Å². The highest BCUT2D eigenvalue weighted by atomic mass is 79.9. The third-order valence-electron chi connectivity index (χ3n) is 3.26. The number of pyridine rings is 1. The van der Waals surface area contributed by atoms with Crippen molar-refractivity contribution in [2.45, 2.75) is 12.8 Å². The van der Waals surface area contributed by atoms with Crippen LogP contribution in [0.4, 0.5) is 5.82 Å². The van der Waals surface area contributed by atoms with Crippen molar-refractivity contribution in [3.05, 3.63) is 22.8 Å². The molecule has 0 bridgehead atoms. The summed E-state index contributed by atoms with van der Waals surface area (Å²) in [5.74, 6) is 1.94. The summed E-state index contributed by atoms with van der Waals surface area (Å²) in [5.41, 5.74) is 0. The summed E-state index contributed by atoms with van der Waals surface area (Å²) in [5, 5.41) is 0. The van der Waals surface area contributed by atoms with Crippen LogP contribution in [-0.4, -0.2) is 43.6 Å². The van der Waals surface area contributed by atoms with Crippen LogP contribution in [0.3, 0.4) is 0 Å². The molecule has 1 aliphatic rings. The van der Waals surface area contributed by atoms with E-state index in [1.54, 1.807) is 0 Å². The summed E-state index contributed by atoms with van der Waals surface area (Å²) in [6, 6.07) is 6.12. The second-order valence-electron chi connectivity index (χ2n) is 5.01. The second-order valence-corrected chi connectivity index (χ2v) is 5.82. The van der Waals surface area contributed by atoms with Gasteiger partial charge in [-0.1, -0.05) is 6.07 Å². The molecule has 4 heteroatoms. The van der Waals surface area contributed by atoms with E-state index in [0.717, 1.165) is 29.4 Å². The van der Waals surface area contributed by atoms with Gasteiger partial charge < -0.3 is 9.80 Å². The molecule has 3 nitrogen and oxygen atoms in total. The Labute approximate surface area is 112 Å². The van der Waals surface area contributed by atoms with Crippen molar-refractivity contribution >= 4 is 21.7 Å². The van der Waals surface area contributed by atoms with E-state index in [-0.39, 0.29) is 0 Å². The Kier molecular flexibility index (Phi) is 4.40. The van der Waals surface area contributed by atoms with E-state index in [1.807, 2.05) is 6.07 Å². The lowest BCUT2D eigenvalue weighted by molar-refractivity contribution is 0.284. The van der Waals surface area contributed by atoms with Crippen LogP contribution in [0.25, 0.3) is 0 Å². The second kappa shape index (κ2) is 5.83. The minimum atomic E-state index is 0.841. The first-order chi connectivity index (χ1) is 8.15. The molecule has 0 radical (unpaired) electrons. The van der Waals surface area contributed by atoms with Gasteiger partial charge in [-0.2, -0.15) is 0 Å². The lowest BCUT2D eigenvalue weighted by Gasteiger charge is -2.34. The van der Waals surface area contributed by atoms with Gasteiger partial charge in [0.1, 0.15) is 10.4 Å². The molecule has 2 rings (SSSR count). The minimum Gasteiger partial charge on any atom is -0.357 e. The Morgan fingerprint density at radius 2 is 2.06 bits per heavy atom. The molecule has 17 heavy (non-hydrogen) atoms. The Balaban J connectivity index is 1.91. The maximum absolute atomic E-state index is 4.52. The SMILES string of the molecule is CN(C)CC1CCN(c2cccc(Br)n2)CC1. The van der Waals surface area contributed by atoms with Gasteiger partial charge in [-0.25, -0.2) is 4.98 Å². The van der Waals surface area contributed by atoms with Crippen LogP contribution in [0.15, 0.2) is 22.8 Å². The first-order valence-electron chi connectivity index (χ1n) is 6.17. The Morgan fingerprint density at radius 1 is 1.35 bits per heavy atom. The number of hydrogen-bond donors (Lipinski definition) is 0. The molecular weight excluding hydrogens is 278 g/mol. The molecule has 0 amide bonds. The summed E-state index contributed by atoms with van der Waals surface area (Å²) in [6.45, 7) is 3.46. The van der Waals surface area contributed by atoms with E-state index < -0.39 is 0 Å². The van der Waals surface area contributed by atoms with Gasteiger partial charge in [0.15, 0.2) is 0 Å². The van der Waals surface area contributed by atoms with Crippen molar-refractivity contribution in [3.8, 4) is 0 Å². The Morgan fingerprint density at radius 3 is 2.65 bits per heavy atom. The zero-order valence-corrected chi connectivity index (χ0v) is 12.2. The van der Waals surface area contributed by atoms with Crippen molar-refractivity contribution in [2.75, 3.05) is 38.6 Å². The molecule has 1 saturated heterocycles. The molecule has 0 aromatic carbocycles. The fourth-order valence-corrected chi connectivity index (χ4v) is 2.77. The van der Waals surface area contributed by atoms with Gasteiger partial charge in [-0.15, -0.1) is 0 Å². The third-order valence-corrected chi connectivity index (χ3v) is 3.70. The van der Waals surface area contributed by atoms with Gasteiger partial charge in [0.25, 0.3) is 0 Å². The van der Waals surface area contributed by atoms with Crippen LogP contribution < -0.4 is 4.90 Å². The maximum atomic E-state index is 4.52. The van der Waals surface area contributed by atoms with Gasteiger partial charge in [0, 0.05) is 19.6 Å². The summed E-state index contributed by atoms with van der Waals surface area (Å²) in [4.78, 5) is 9.19. The monoisotopic (exact) mass is 297 g/mol. The molecule has 1 aromatic rings. The first-order valence-corrected chi connectivity index (χ1v) is 6.96. The molecule has 0 atom stereocenters. The van der Waals surface area contributed by atoms with Gasteiger partial charge in [0.2, 0.25) is 0 Å². The molecule has 0 saturated carbocycles. The maximum Gasteiger partial charge on any atom is 0.129 e. The fourth-order valence-electron chi connectivity index (χ4n) is 2.43. The van der Waals surface area contributed by atoms with Crippen LogP contribution in [0.5, 0.6) is 0 Å². The van der Waals surface area contributed by atoms with Gasteiger partial charge in [0.05, 0.1) is 0 Å². The summed E-state index contributed by atoms with van der Waals surface area (Å²) >= 11 is 3.43. The zero-order valence-electron chi connectivity index (χ0n) is 10.6. The molecular formula is C13H20BrN3. The molecule has 94 valence electrons. The first kappa shape index (κ1) is 12.8. The summed E-state index contributed by atoms with van der Waals surface area (Å²) in [6.07, 6.45) is 2.54. The number of aromatic nitrogens is 1. The molecule has 2 heterocycles. The van der Waals surface area contributed by atoms with Crippen molar-refractivity contribution < 1.29 is 0 Å². The van der Waals surface area contributed by atoms with Gasteiger partial charge in [-0.05, 0) is 60.9 Å². The molecule has 0 N–H and O–H groups in total. The van der Waals surface area contributed by atoms with Crippen LogP contribution in [0.2, 0.25) is 0 Å². The Bertz CT molecular complexity index is 359.